The molecule has 0 saturated carbocycles. The molecule has 0 atom stereocenters. The van der Waals surface area contributed by atoms with Crippen LogP contribution in [0.2, 0.25) is 6.82 Å². The lowest BCUT2D eigenvalue weighted by atomic mass is 9.73. The van der Waals surface area contributed by atoms with Crippen molar-refractivity contribution in [3.05, 3.63) is 22.7 Å². The number of aromatic hydroxyl groups is 1. The third-order valence-electron chi connectivity index (χ3n) is 1.24. The Morgan fingerprint density at radius 1 is 1.40 bits per heavy atom. The first-order valence-electron chi connectivity index (χ1n) is 3.01. The number of benzene rings is 1. The zero-order valence-corrected chi connectivity index (χ0v) is 7.22. The summed E-state index contributed by atoms with van der Waals surface area (Å²) in [5.41, 5.74) is 1.02. The molecule has 1 aromatic carbocycles. The molecule has 0 unspecified atom stereocenters. The van der Waals surface area contributed by atoms with E-state index in [1.807, 2.05) is 20.2 Å². The third kappa shape index (κ3) is 1.77. The number of rotatable bonds is 1. The van der Waals surface area contributed by atoms with Gasteiger partial charge in [-0.3, -0.25) is 0 Å². The second kappa shape index (κ2) is 3.10. The number of hydrogen-bond acceptors (Lipinski definition) is 1. The van der Waals surface area contributed by atoms with E-state index in [0.29, 0.717) is 5.75 Å². The summed E-state index contributed by atoms with van der Waals surface area (Å²) in [6.07, 6.45) is 0. The van der Waals surface area contributed by atoms with E-state index < -0.39 is 0 Å². The first-order valence-corrected chi connectivity index (χ1v) is 3.80. The zero-order chi connectivity index (χ0) is 7.56. The maximum Gasteiger partial charge on any atom is 0.148 e. The van der Waals surface area contributed by atoms with Crippen LogP contribution in [0.4, 0.5) is 0 Å². The van der Waals surface area contributed by atoms with Gasteiger partial charge < -0.3 is 5.11 Å². The summed E-state index contributed by atoms with van der Waals surface area (Å²) < 4.78 is 0.903. The van der Waals surface area contributed by atoms with Crippen molar-refractivity contribution < 1.29 is 5.11 Å². The summed E-state index contributed by atoms with van der Waals surface area (Å²) in [4.78, 5) is 0. The van der Waals surface area contributed by atoms with Crippen LogP contribution in [0.3, 0.4) is 0 Å². The van der Waals surface area contributed by atoms with Crippen LogP contribution in [-0.2, 0) is 0 Å². The van der Waals surface area contributed by atoms with Gasteiger partial charge in [-0.15, -0.1) is 0 Å². The minimum absolute atomic E-state index is 0.294. The fraction of sp³-hybridized carbons (Fsp3) is 0.143. The first kappa shape index (κ1) is 7.67. The van der Waals surface area contributed by atoms with Gasteiger partial charge in [0.25, 0.3) is 0 Å². The van der Waals surface area contributed by atoms with Crippen molar-refractivity contribution in [2.75, 3.05) is 0 Å². The molecular formula is C7H7BBrO. The van der Waals surface area contributed by atoms with Crippen LogP contribution in [0.1, 0.15) is 0 Å². The van der Waals surface area contributed by atoms with Crippen molar-refractivity contribution in [3.8, 4) is 5.75 Å². The second-order valence-corrected chi connectivity index (χ2v) is 2.95. The van der Waals surface area contributed by atoms with Gasteiger partial charge in [0, 0.05) is 4.47 Å². The SMILES string of the molecule is C[B]c1cc(O)cc(Br)c1. The molecule has 1 aromatic rings. The first-order chi connectivity index (χ1) is 4.72. The Kier molecular flexibility index (Phi) is 2.38. The van der Waals surface area contributed by atoms with Crippen LogP contribution in [0.25, 0.3) is 0 Å². The van der Waals surface area contributed by atoms with Crippen LogP contribution < -0.4 is 5.46 Å². The van der Waals surface area contributed by atoms with Gasteiger partial charge in [-0.25, -0.2) is 0 Å². The Hall–Kier alpha value is -0.435. The molecule has 0 fully saturated rings. The molecule has 0 saturated heterocycles. The number of phenols is 1. The molecule has 0 aromatic heterocycles. The minimum atomic E-state index is 0.294. The quantitative estimate of drug-likeness (QED) is 0.678. The topological polar surface area (TPSA) is 20.2 Å². The molecule has 0 amide bonds. The summed E-state index contributed by atoms with van der Waals surface area (Å²) in [5.74, 6) is 0.294. The predicted octanol–water partition coefficient (Wildman–Crippen LogP) is 1.53. The van der Waals surface area contributed by atoms with E-state index in [-0.39, 0.29) is 0 Å². The van der Waals surface area contributed by atoms with E-state index in [0.717, 1.165) is 9.94 Å². The molecule has 10 heavy (non-hydrogen) atoms. The highest BCUT2D eigenvalue weighted by atomic mass is 79.9. The molecular weight excluding hydrogens is 191 g/mol. The van der Waals surface area contributed by atoms with Crippen molar-refractivity contribution in [1.82, 2.24) is 0 Å². The number of halogens is 1. The summed E-state index contributed by atoms with van der Waals surface area (Å²) in [7, 11) is 1.94. The smallest absolute Gasteiger partial charge is 0.148 e. The van der Waals surface area contributed by atoms with Crippen molar-refractivity contribution in [3.63, 3.8) is 0 Å². The average Bonchev–Trinajstić information content (AvgIpc) is 1.85. The Morgan fingerprint density at radius 3 is 2.60 bits per heavy atom. The van der Waals surface area contributed by atoms with Crippen LogP contribution in [-0.4, -0.2) is 12.4 Å². The number of hydrogen-bond donors (Lipinski definition) is 1. The lowest BCUT2D eigenvalue weighted by molar-refractivity contribution is 0.475. The molecule has 0 aliphatic rings. The van der Waals surface area contributed by atoms with Crippen molar-refractivity contribution in [2.45, 2.75) is 6.82 Å². The molecule has 51 valence electrons. The van der Waals surface area contributed by atoms with Gasteiger partial charge in [0.05, 0.1) is 0 Å². The van der Waals surface area contributed by atoms with Crippen molar-refractivity contribution >= 4 is 28.7 Å². The molecule has 0 heterocycles. The van der Waals surface area contributed by atoms with Crippen molar-refractivity contribution in [2.24, 2.45) is 0 Å². The molecule has 1 N–H and O–H groups in total. The second-order valence-electron chi connectivity index (χ2n) is 2.03. The van der Waals surface area contributed by atoms with E-state index >= 15 is 0 Å². The molecule has 3 heteroatoms. The summed E-state index contributed by atoms with van der Waals surface area (Å²) in [6.45, 7) is 1.93. The number of phenolic OH excluding ortho intramolecular Hbond substituents is 1. The van der Waals surface area contributed by atoms with E-state index in [4.69, 9.17) is 5.11 Å². The molecule has 0 aliphatic heterocycles. The van der Waals surface area contributed by atoms with E-state index in [2.05, 4.69) is 15.9 Å². The Labute approximate surface area is 69.4 Å². The van der Waals surface area contributed by atoms with Gasteiger partial charge in [0.1, 0.15) is 13.0 Å². The molecule has 0 aliphatic carbocycles. The Bertz CT molecular complexity index is 217. The average molecular weight is 198 g/mol. The summed E-state index contributed by atoms with van der Waals surface area (Å²) in [6, 6.07) is 5.32. The monoisotopic (exact) mass is 197 g/mol. The van der Waals surface area contributed by atoms with E-state index in [9.17, 15) is 0 Å². The van der Waals surface area contributed by atoms with Gasteiger partial charge in [-0.05, 0) is 12.1 Å². The van der Waals surface area contributed by atoms with Gasteiger partial charge in [-0.2, -0.15) is 0 Å². The fourth-order valence-electron chi connectivity index (χ4n) is 0.763. The molecule has 0 spiro atoms. The zero-order valence-electron chi connectivity index (χ0n) is 5.63. The molecule has 0 bridgehead atoms. The van der Waals surface area contributed by atoms with Crippen LogP contribution in [0.15, 0.2) is 22.7 Å². The lowest BCUT2D eigenvalue weighted by Crippen LogP contribution is -2.08. The summed E-state index contributed by atoms with van der Waals surface area (Å²) >= 11 is 3.27. The van der Waals surface area contributed by atoms with Crippen LogP contribution >= 0.6 is 15.9 Å². The predicted molar refractivity (Wildman–Crippen MR) is 47.1 cm³/mol. The fourth-order valence-corrected chi connectivity index (χ4v) is 1.26. The molecule has 1 radical (unpaired) electrons. The summed E-state index contributed by atoms with van der Waals surface area (Å²) in [5, 5.41) is 9.07. The maximum absolute atomic E-state index is 9.07. The van der Waals surface area contributed by atoms with E-state index in [1.54, 1.807) is 12.1 Å². The van der Waals surface area contributed by atoms with Gasteiger partial charge in [-0.1, -0.05) is 34.3 Å². The normalized spacial score (nSPS) is 9.40. The highest BCUT2D eigenvalue weighted by Gasteiger charge is 1.94. The maximum atomic E-state index is 9.07. The van der Waals surface area contributed by atoms with Crippen LogP contribution in [0.5, 0.6) is 5.75 Å². The Balaban J connectivity index is 3.06. The van der Waals surface area contributed by atoms with Crippen LogP contribution in [0, 0.1) is 0 Å². The molecule has 1 rings (SSSR count). The van der Waals surface area contributed by atoms with Gasteiger partial charge in [0.2, 0.25) is 0 Å². The van der Waals surface area contributed by atoms with Gasteiger partial charge in [0.15, 0.2) is 0 Å². The third-order valence-corrected chi connectivity index (χ3v) is 1.70. The highest BCUT2D eigenvalue weighted by Crippen LogP contribution is 2.14. The van der Waals surface area contributed by atoms with E-state index in [1.165, 1.54) is 0 Å². The largest absolute Gasteiger partial charge is 0.508 e. The highest BCUT2D eigenvalue weighted by molar-refractivity contribution is 9.10. The molecule has 1 nitrogen and oxygen atoms in total. The van der Waals surface area contributed by atoms with Crippen molar-refractivity contribution in [1.29, 1.82) is 0 Å². The lowest BCUT2D eigenvalue weighted by Gasteiger charge is -1.97. The minimum Gasteiger partial charge on any atom is -0.508 e. The van der Waals surface area contributed by atoms with Gasteiger partial charge >= 0.3 is 0 Å². The Morgan fingerprint density at radius 2 is 2.10 bits per heavy atom. The standard InChI is InChI=1S/C7H7BBrO/c1-8-5-2-6(9)4-7(10)3-5/h2-4,10H,1H3.